The van der Waals surface area contributed by atoms with Crippen molar-refractivity contribution >= 4 is 32.7 Å². The van der Waals surface area contributed by atoms with Crippen LogP contribution in [0.15, 0.2) is 120 Å². The van der Waals surface area contributed by atoms with Crippen molar-refractivity contribution < 1.29 is 41.0 Å². The molecule has 0 aliphatic heterocycles. The Balaban J connectivity index is 0.000000211. The van der Waals surface area contributed by atoms with Gasteiger partial charge in [0.1, 0.15) is 5.58 Å². The van der Waals surface area contributed by atoms with Crippen LogP contribution in [0.4, 0.5) is 0 Å². The number of benzene rings is 5. The van der Waals surface area contributed by atoms with E-state index in [2.05, 4.69) is 74.1 Å². The van der Waals surface area contributed by atoms with Crippen LogP contribution in [0.1, 0.15) is 118 Å². The maximum atomic E-state index is 9.68. The van der Waals surface area contributed by atoms with Crippen molar-refractivity contribution in [2.75, 3.05) is 0 Å². The summed E-state index contributed by atoms with van der Waals surface area (Å²) in [7, 11) is 0. The van der Waals surface area contributed by atoms with E-state index in [1.807, 2.05) is 48.5 Å². The van der Waals surface area contributed by atoms with Crippen LogP contribution in [0.2, 0.25) is 0 Å². The largest absolute Gasteiger partial charge is 0.500 e. The van der Waals surface area contributed by atoms with E-state index in [0.717, 1.165) is 33.5 Å². The molecule has 0 bridgehead atoms. The molecule has 0 spiro atoms. The van der Waals surface area contributed by atoms with E-state index in [1.54, 1.807) is 39.0 Å². The van der Waals surface area contributed by atoms with Crippen LogP contribution < -0.4 is 0 Å². The first-order valence-corrected chi connectivity index (χ1v) is 20.2. The third-order valence-electron chi connectivity index (χ3n) is 10.9. The quantitative estimate of drug-likeness (QED) is 0.161. The number of aryl methyl sites for hydroxylation is 3. The Morgan fingerprint density at radius 1 is 0.750 bits per heavy atom. The van der Waals surface area contributed by atoms with Crippen LogP contribution in [0.5, 0.6) is 0 Å². The first kappa shape index (κ1) is 30.2. The van der Waals surface area contributed by atoms with Gasteiger partial charge in [-0.25, -0.2) is 0 Å². The Kier molecular flexibility index (Phi) is 8.49. The maximum absolute atomic E-state index is 9.68. The summed E-state index contributed by atoms with van der Waals surface area (Å²) >= 11 is 0. The number of aromatic nitrogens is 2. The average Bonchev–Trinajstić information content (AvgIpc) is 3.66. The van der Waals surface area contributed by atoms with Crippen molar-refractivity contribution in [3.05, 3.63) is 155 Å². The van der Waals surface area contributed by atoms with Gasteiger partial charge in [0.2, 0.25) is 0 Å². The van der Waals surface area contributed by atoms with Crippen LogP contribution >= 0.6 is 0 Å². The van der Waals surface area contributed by atoms with E-state index in [0.29, 0.717) is 51.9 Å². The predicted molar refractivity (Wildman–Crippen MR) is 249 cm³/mol. The standard InChI is InChI=1S/C32H32NO.C24H26N.Ir/c1-20-18-33-28(15-27(20)22-16-31(2,3)19-32(4,5)17-22)26-12-8-11-24-25-14-13-21-9-6-7-10-23(21)29(25)34-30(24)26;1-17-11-12-20(14-22(17)19-9-7-6-8-10-19)23-13-18(2)21(16-25-23)15-24(3,4)5;/h6-11,13-15,18,22H,16-17,19H2,1-5H3;6-11,13-14,16H,15H2,1-5H3;/q2*-1;/i1D3,22D;1D3,2D3,15D2;. The Labute approximate surface area is 388 Å². The summed E-state index contributed by atoms with van der Waals surface area (Å²) < 4.78 is 106. The minimum atomic E-state index is -2.56. The third kappa shape index (κ3) is 9.21. The fraction of sp³-hybridized carbons (Fsp3) is 0.321. The van der Waals surface area contributed by atoms with E-state index in [4.69, 9.17) is 19.5 Å². The molecule has 4 heteroatoms. The van der Waals surface area contributed by atoms with Gasteiger partial charge in [0, 0.05) is 59.7 Å². The Bertz CT molecular complexity index is 3280. The molecule has 1 aliphatic rings. The number of fused-ring (bicyclic) bond motifs is 5. The number of furan rings is 1. The normalized spacial score (nSPS) is 19.4. The molecule has 8 aromatic rings. The molecule has 3 heterocycles. The molecule has 1 radical (unpaired) electrons. The molecule has 0 atom stereocenters. The molecule has 0 unspecified atom stereocenters. The Hall–Kier alpha value is -4.89. The molecule has 0 N–H and O–H groups in total. The summed E-state index contributed by atoms with van der Waals surface area (Å²) in [5, 5.41) is 4.12. The van der Waals surface area contributed by atoms with Crippen molar-refractivity contribution in [3.8, 4) is 33.6 Å². The van der Waals surface area contributed by atoms with Gasteiger partial charge >= 0.3 is 0 Å². The molecule has 1 aliphatic carbocycles. The molecule has 3 aromatic heterocycles. The van der Waals surface area contributed by atoms with Gasteiger partial charge in [-0.15, -0.1) is 47.5 Å². The molecule has 1 saturated carbocycles. The van der Waals surface area contributed by atoms with E-state index in [9.17, 15) is 1.37 Å². The van der Waals surface area contributed by atoms with E-state index in [1.165, 1.54) is 24.5 Å². The molecule has 3 nitrogen and oxygen atoms in total. The zero-order valence-corrected chi connectivity index (χ0v) is 37.6. The number of hydrogen-bond donors (Lipinski definition) is 0. The topological polar surface area (TPSA) is 38.9 Å². The SMILES string of the molecule is [2H]C([2H])([2H])c1c[c-]c(-c2cc(C([2H])([2H])[2H])c(C([2H])([2H])C(C)(C)C)cn2)cc1-c1ccccc1.[2H]C([2H])([2H])c1cnc(-c2[c-]ccc3c2oc2c4ccccc4ccc32)cc1C1([2H])CC(C)(C)CC(C)(C)C1.[Ir]. The van der Waals surface area contributed by atoms with Gasteiger partial charge in [0.25, 0.3) is 0 Å². The summed E-state index contributed by atoms with van der Waals surface area (Å²) in [4.78, 5) is 8.99. The zero-order chi connectivity index (χ0) is 51.9. The second-order valence-corrected chi connectivity index (χ2v) is 18.5. The first-order valence-electron chi connectivity index (χ1n) is 26.2. The Morgan fingerprint density at radius 3 is 2.18 bits per heavy atom. The van der Waals surface area contributed by atoms with Crippen molar-refractivity contribution in [1.82, 2.24) is 9.97 Å². The number of hydrogen-bond acceptors (Lipinski definition) is 3. The van der Waals surface area contributed by atoms with Gasteiger partial charge < -0.3 is 14.4 Å². The summed E-state index contributed by atoms with van der Waals surface area (Å²) in [6, 6.07) is 37.7. The first-order chi connectivity index (χ1) is 32.8. The van der Waals surface area contributed by atoms with Crippen molar-refractivity contribution in [3.63, 3.8) is 0 Å². The van der Waals surface area contributed by atoms with Crippen LogP contribution in [-0.2, 0) is 26.5 Å². The summed E-state index contributed by atoms with van der Waals surface area (Å²) in [5.74, 6) is -1.05. The fourth-order valence-corrected chi connectivity index (χ4v) is 8.98. The van der Waals surface area contributed by atoms with Crippen LogP contribution in [0.3, 0.4) is 0 Å². The van der Waals surface area contributed by atoms with Gasteiger partial charge in [-0.3, -0.25) is 0 Å². The van der Waals surface area contributed by atoms with Gasteiger partial charge in [-0.05, 0) is 101 Å². The zero-order valence-electron chi connectivity index (χ0n) is 47.2. The molecule has 0 saturated heterocycles. The molecule has 309 valence electrons. The van der Waals surface area contributed by atoms with Crippen LogP contribution in [0.25, 0.3) is 66.4 Å². The number of rotatable bonds is 5. The van der Waals surface area contributed by atoms with Gasteiger partial charge in [-0.1, -0.05) is 156 Å². The van der Waals surface area contributed by atoms with E-state index >= 15 is 0 Å². The second-order valence-electron chi connectivity index (χ2n) is 18.5. The molecule has 0 amide bonds. The Morgan fingerprint density at radius 2 is 1.45 bits per heavy atom. The molecule has 1 fully saturated rings. The number of nitrogens with zero attached hydrogens (tertiary/aromatic N) is 2. The van der Waals surface area contributed by atoms with E-state index < -0.39 is 38.2 Å². The smallest absolute Gasteiger partial charge is 0.128 e. The molecular formula is C56H58IrN2O-2. The third-order valence-corrected chi connectivity index (χ3v) is 10.9. The second kappa shape index (κ2) is 16.9. The molecule has 60 heavy (non-hydrogen) atoms. The van der Waals surface area contributed by atoms with E-state index in [-0.39, 0.29) is 58.9 Å². The predicted octanol–water partition coefficient (Wildman–Crippen LogP) is 15.6. The van der Waals surface area contributed by atoms with Crippen LogP contribution in [-0.4, -0.2) is 9.97 Å². The van der Waals surface area contributed by atoms with Gasteiger partial charge in [-0.2, -0.15) is 0 Å². The molecule has 5 aromatic carbocycles. The van der Waals surface area contributed by atoms with Crippen molar-refractivity contribution in [1.29, 1.82) is 0 Å². The number of pyridine rings is 2. The molecular weight excluding hydrogens is 909 g/mol. The van der Waals surface area contributed by atoms with Crippen molar-refractivity contribution in [2.24, 2.45) is 16.2 Å². The minimum Gasteiger partial charge on any atom is -0.500 e. The van der Waals surface area contributed by atoms with Gasteiger partial charge in [0.15, 0.2) is 0 Å². The van der Waals surface area contributed by atoms with Crippen molar-refractivity contribution in [2.45, 2.75) is 101 Å². The summed E-state index contributed by atoms with van der Waals surface area (Å²) in [6.07, 6.45) is 2.94. The minimum absolute atomic E-state index is 0. The van der Waals surface area contributed by atoms with Crippen LogP contribution in [0, 0.1) is 48.9 Å². The average molecular weight is 979 g/mol. The molecule has 9 rings (SSSR count). The summed E-state index contributed by atoms with van der Waals surface area (Å²) in [6.45, 7) is 6.56. The van der Waals surface area contributed by atoms with Gasteiger partial charge in [0.05, 0.1) is 5.58 Å². The monoisotopic (exact) mass is 979 g/mol. The fourth-order valence-electron chi connectivity index (χ4n) is 8.98. The maximum Gasteiger partial charge on any atom is 0.128 e. The summed E-state index contributed by atoms with van der Waals surface area (Å²) in [5.41, 5.74) is 4.31.